The van der Waals surface area contributed by atoms with Gasteiger partial charge < -0.3 is 29.5 Å². The Morgan fingerprint density at radius 1 is 0.686 bits per heavy atom. The van der Waals surface area contributed by atoms with E-state index in [0.29, 0.717) is 26.2 Å². The highest BCUT2D eigenvalue weighted by Crippen LogP contribution is 1.96. The minimum atomic E-state index is -5.17. The highest BCUT2D eigenvalue weighted by Gasteiger charge is 2.13. The van der Waals surface area contributed by atoms with Crippen molar-refractivity contribution in [3.05, 3.63) is 37.4 Å². The summed E-state index contributed by atoms with van der Waals surface area (Å²) in [6.07, 6.45) is 8.66. The number of hydrogen-bond donors (Lipinski definition) is 4. The molecule has 0 saturated carbocycles. The van der Waals surface area contributed by atoms with Gasteiger partial charge in [0, 0.05) is 10.4 Å². The van der Waals surface area contributed by atoms with Gasteiger partial charge in [-0.3, -0.25) is 8.42 Å². The molecule has 2 rings (SSSR count). The van der Waals surface area contributed by atoms with E-state index in [0.717, 1.165) is 0 Å². The zero-order chi connectivity index (χ0) is 27.0. The molecule has 35 heavy (non-hydrogen) atoms. The van der Waals surface area contributed by atoms with Crippen molar-refractivity contribution in [1.82, 2.24) is 9.13 Å². The van der Waals surface area contributed by atoms with E-state index >= 15 is 0 Å². The standard InChI is InChI=1S/2C9H15Cl2N2O2.H2O4S/c2*10-3-8(14)5-12-1-2-13(7-12)6-9(15)4-11;1-5(2,3)4/h2*1-2,7-9,14-15H,3-6H2;(H2,1,2,3,4)/q2*+1;/p-2. The van der Waals surface area contributed by atoms with E-state index in [4.69, 9.17) is 63.9 Å². The van der Waals surface area contributed by atoms with Crippen LogP contribution in [0.3, 0.4) is 0 Å². The van der Waals surface area contributed by atoms with Crippen LogP contribution in [0.15, 0.2) is 37.4 Å². The van der Waals surface area contributed by atoms with E-state index in [1.165, 1.54) is 0 Å². The van der Waals surface area contributed by atoms with Crippen LogP contribution in [0.2, 0.25) is 0 Å². The van der Waals surface area contributed by atoms with Crippen molar-refractivity contribution in [3.63, 3.8) is 0 Å². The molecule has 2 heterocycles. The lowest BCUT2D eigenvalue weighted by Crippen LogP contribution is -2.38. The molecule has 0 amide bonds. The van der Waals surface area contributed by atoms with Gasteiger partial charge >= 0.3 is 0 Å². The van der Waals surface area contributed by atoms with Gasteiger partial charge in [-0.05, 0) is 0 Å². The van der Waals surface area contributed by atoms with Crippen LogP contribution < -0.4 is 9.13 Å². The third-order valence-electron chi connectivity index (χ3n) is 3.89. The Kier molecular flexibility index (Phi) is 18.1. The molecule has 0 fully saturated rings. The van der Waals surface area contributed by atoms with Gasteiger partial charge in [0.25, 0.3) is 0 Å². The van der Waals surface area contributed by atoms with Crippen molar-refractivity contribution in [2.45, 2.75) is 50.6 Å². The van der Waals surface area contributed by atoms with E-state index in [1.807, 2.05) is 43.1 Å². The summed E-state index contributed by atoms with van der Waals surface area (Å²) in [6, 6.07) is 0. The maximum Gasteiger partial charge on any atom is 0.243 e. The zero-order valence-corrected chi connectivity index (χ0v) is 22.4. The lowest BCUT2D eigenvalue weighted by Gasteiger charge is -2.06. The van der Waals surface area contributed by atoms with Crippen molar-refractivity contribution in [2.75, 3.05) is 23.5 Å². The second-order valence-corrected chi connectivity index (χ2v) is 9.31. The molecule has 0 aliphatic carbocycles. The first kappa shape index (κ1) is 34.3. The largest absolute Gasteiger partial charge is 0.759 e. The highest BCUT2D eigenvalue weighted by molar-refractivity contribution is 7.79. The van der Waals surface area contributed by atoms with Crippen molar-refractivity contribution in [3.8, 4) is 0 Å². The van der Waals surface area contributed by atoms with Crippen molar-refractivity contribution in [2.24, 2.45) is 0 Å². The quantitative estimate of drug-likeness (QED) is 0.0991. The first-order valence-corrected chi connectivity index (χ1v) is 13.5. The molecule has 2 aromatic heterocycles. The Bertz CT molecular complexity index is 799. The Morgan fingerprint density at radius 2 is 0.971 bits per heavy atom. The van der Waals surface area contributed by atoms with Gasteiger partial charge in [-0.15, -0.1) is 46.4 Å². The van der Waals surface area contributed by atoms with Crippen molar-refractivity contribution in [1.29, 1.82) is 0 Å². The normalized spacial score (nSPS) is 14.7. The molecule has 4 N–H and O–H groups in total. The summed E-state index contributed by atoms with van der Waals surface area (Å²) >= 11 is 22.0. The second kappa shape index (κ2) is 18.5. The van der Waals surface area contributed by atoms with Gasteiger partial charge in [0.2, 0.25) is 12.7 Å². The highest BCUT2D eigenvalue weighted by atomic mass is 35.5. The number of aliphatic hydroxyl groups is 4. The monoisotopic (exact) mass is 602 g/mol. The van der Waals surface area contributed by atoms with Crippen LogP contribution in [0, 0.1) is 0 Å². The fourth-order valence-corrected chi connectivity index (χ4v) is 2.87. The second-order valence-electron chi connectivity index (χ2n) is 7.26. The van der Waals surface area contributed by atoms with Gasteiger partial charge in [-0.25, -0.2) is 18.3 Å². The minimum Gasteiger partial charge on any atom is -0.759 e. The number of hydrogen-bond acceptors (Lipinski definition) is 8. The number of aliphatic hydroxyl groups excluding tert-OH is 4. The van der Waals surface area contributed by atoms with Gasteiger partial charge in [-0.2, -0.15) is 0 Å². The van der Waals surface area contributed by atoms with E-state index < -0.39 is 34.8 Å². The maximum atomic E-state index is 9.32. The van der Waals surface area contributed by atoms with E-state index in [9.17, 15) is 20.4 Å². The molecular formula is C18H30Cl4N4O8S. The molecule has 4 atom stereocenters. The van der Waals surface area contributed by atoms with E-state index in [2.05, 4.69) is 0 Å². The Labute approximate surface area is 224 Å². The van der Waals surface area contributed by atoms with E-state index in [-0.39, 0.29) is 23.5 Å². The van der Waals surface area contributed by atoms with Gasteiger partial charge in [0.15, 0.2) is 0 Å². The topological polar surface area (TPSA) is 179 Å². The van der Waals surface area contributed by atoms with Crippen molar-refractivity contribution >= 4 is 56.8 Å². The van der Waals surface area contributed by atoms with E-state index in [1.54, 1.807) is 12.7 Å². The predicted molar refractivity (Wildman–Crippen MR) is 127 cm³/mol. The average molecular weight is 604 g/mol. The minimum absolute atomic E-state index is 0.211. The Hall–Kier alpha value is -0.710. The van der Waals surface area contributed by atoms with Gasteiger partial charge in [0.05, 0.1) is 23.5 Å². The first-order valence-electron chi connectivity index (χ1n) is 10.0. The molecule has 0 saturated heterocycles. The number of alkyl halides is 4. The molecule has 204 valence electrons. The van der Waals surface area contributed by atoms with Gasteiger partial charge in [-0.1, -0.05) is 0 Å². The molecule has 0 radical (unpaired) electrons. The zero-order valence-electron chi connectivity index (χ0n) is 18.6. The molecule has 0 aliphatic rings. The van der Waals surface area contributed by atoms with Crippen LogP contribution in [-0.2, 0) is 36.6 Å². The third-order valence-corrected chi connectivity index (χ3v) is 5.32. The first-order chi connectivity index (χ1) is 16.3. The van der Waals surface area contributed by atoms with Crippen LogP contribution in [0.5, 0.6) is 0 Å². The lowest BCUT2D eigenvalue weighted by atomic mass is 10.4. The molecule has 4 unspecified atom stereocenters. The molecular weight excluding hydrogens is 574 g/mol. The molecule has 0 bridgehead atoms. The van der Waals surface area contributed by atoms with Crippen LogP contribution >= 0.6 is 46.4 Å². The Morgan fingerprint density at radius 3 is 1.23 bits per heavy atom. The molecule has 17 heteroatoms. The van der Waals surface area contributed by atoms with Crippen LogP contribution in [0.4, 0.5) is 0 Å². The average Bonchev–Trinajstić information content (AvgIpc) is 3.41. The summed E-state index contributed by atoms with van der Waals surface area (Å²) in [5, 5.41) is 37.3. The molecule has 0 aromatic carbocycles. The van der Waals surface area contributed by atoms with Gasteiger partial charge in [0.1, 0.15) is 75.4 Å². The smallest absolute Gasteiger partial charge is 0.243 e. The summed E-state index contributed by atoms with van der Waals surface area (Å²) in [5.74, 6) is 0.843. The summed E-state index contributed by atoms with van der Waals surface area (Å²) in [5.41, 5.74) is 0. The molecule has 0 spiro atoms. The maximum absolute atomic E-state index is 9.32. The SMILES string of the molecule is O=S(=O)([O-])[O-].OC(CCl)Cn1cc[n+](CC(O)CCl)c1.OC(CCl)Cn1cc[n+](CC(O)CCl)c1. The number of rotatable bonds is 12. The predicted octanol–water partition coefficient (Wildman–Crippen LogP) is -1.39. The summed E-state index contributed by atoms with van der Waals surface area (Å²) in [4.78, 5) is 0. The Balaban J connectivity index is 0.000000555. The molecule has 12 nitrogen and oxygen atoms in total. The number of nitrogens with zero attached hydrogens (tertiary/aromatic N) is 4. The third kappa shape index (κ3) is 19.1. The number of aromatic nitrogens is 4. The molecule has 2 aromatic rings. The van der Waals surface area contributed by atoms with Crippen LogP contribution in [0.1, 0.15) is 0 Å². The van der Waals surface area contributed by atoms with Crippen molar-refractivity contribution < 1.29 is 47.1 Å². The fraction of sp³-hybridized carbons (Fsp3) is 0.667. The summed E-state index contributed by atoms with van der Waals surface area (Å²) in [6.45, 7) is 1.81. The summed E-state index contributed by atoms with van der Waals surface area (Å²) < 4.78 is 41.3. The number of halogens is 4. The van der Waals surface area contributed by atoms with Crippen LogP contribution in [-0.4, -0.2) is 95.0 Å². The summed E-state index contributed by atoms with van der Waals surface area (Å²) in [7, 11) is -5.17. The lowest BCUT2D eigenvalue weighted by molar-refractivity contribution is -0.702. The number of imidazole rings is 2. The fourth-order valence-electron chi connectivity index (χ4n) is 2.48. The van der Waals surface area contributed by atoms with Crippen LogP contribution in [0.25, 0.3) is 0 Å². The molecule has 0 aliphatic heterocycles.